The first-order valence-corrected chi connectivity index (χ1v) is 9.84. The minimum absolute atomic E-state index is 0.123. The first-order valence-electron chi connectivity index (χ1n) is 9.84. The minimum Gasteiger partial charge on any atom is -0.493 e. The number of nitrogens with one attached hydrogen (secondary N) is 2. The van der Waals surface area contributed by atoms with Gasteiger partial charge < -0.3 is 25.2 Å². The maximum absolute atomic E-state index is 12.6. The van der Waals surface area contributed by atoms with Gasteiger partial charge in [-0.05, 0) is 61.2 Å². The van der Waals surface area contributed by atoms with Crippen LogP contribution in [0.3, 0.4) is 0 Å². The molecule has 0 saturated heterocycles. The zero-order valence-electron chi connectivity index (χ0n) is 18.3. The molecule has 0 bridgehead atoms. The largest absolute Gasteiger partial charge is 0.493 e. The van der Waals surface area contributed by atoms with Gasteiger partial charge in [-0.3, -0.25) is 9.59 Å². The molecule has 8 heteroatoms. The van der Waals surface area contributed by atoms with Crippen molar-refractivity contribution in [3.63, 3.8) is 0 Å². The van der Waals surface area contributed by atoms with Crippen LogP contribution in [0.5, 0.6) is 11.5 Å². The van der Waals surface area contributed by atoms with Crippen molar-refractivity contribution < 1.29 is 29.0 Å². The van der Waals surface area contributed by atoms with Crippen LogP contribution in [0, 0.1) is 12.8 Å². The van der Waals surface area contributed by atoms with E-state index in [0.29, 0.717) is 40.3 Å². The predicted octanol–water partition coefficient (Wildman–Crippen LogP) is 3.49. The molecule has 0 radical (unpaired) electrons. The first-order chi connectivity index (χ1) is 14.7. The highest BCUT2D eigenvalue weighted by molar-refractivity contribution is 6.05. The van der Waals surface area contributed by atoms with Crippen molar-refractivity contribution >= 4 is 23.5 Å². The first kappa shape index (κ1) is 23.7. The molecule has 8 nitrogen and oxygen atoms in total. The highest BCUT2D eigenvalue weighted by Gasteiger charge is 2.22. The van der Waals surface area contributed by atoms with Gasteiger partial charge in [0.1, 0.15) is 6.04 Å². The number of hydrogen-bond acceptors (Lipinski definition) is 5. The molecule has 0 aliphatic heterocycles. The number of anilines is 1. The van der Waals surface area contributed by atoms with Gasteiger partial charge in [-0.1, -0.05) is 13.8 Å². The third kappa shape index (κ3) is 6.21. The number of carbonyl (C=O) groups excluding carboxylic acids is 2. The van der Waals surface area contributed by atoms with E-state index in [4.69, 9.17) is 9.47 Å². The summed E-state index contributed by atoms with van der Waals surface area (Å²) in [7, 11) is 3.00. The number of amides is 2. The molecule has 2 aromatic carbocycles. The Bertz CT molecular complexity index is 971. The second kappa shape index (κ2) is 10.5. The summed E-state index contributed by atoms with van der Waals surface area (Å²) in [6, 6.07) is 8.64. The van der Waals surface area contributed by atoms with Crippen molar-refractivity contribution in [1.29, 1.82) is 0 Å². The Labute approximate surface area is 181 Å². The van der Waals surface area contributed by atoms with Crippen LogP contribution in [0.2, 0.25) is 0 Å². The van der Waals surface area contributed by atoms with E-state index in [0.717, 1.165) is 0 Å². The summed E-state index contributed by atoms with van der Waals surface area (Å²) >= 11 is 0. The summed E-state index contributed by atoms with van der Waals surface area (Å²) in [6.45, 7) is 5.54. The van der Waals surface area contributed by atoms with Crippen LogP contribution in [0.1, 0.15) is 46.5 Å². The maximum Gasteiger partial charge on any atom is 0.326 e. The third-order valence-electron chi connectivity index (χ3n) is 4.69. The molecule has 0 aromatic heterocycles. The lowest BCUT2D eigenvalue weighted by molar-refractivity contribution is -0.139. The van der Waals surface area contributed by atoms with Crippen molar-refractivity contribution in [3.8, 4) is 11.5 Å². The van der Waals surface area contributed by atoms with Gasteiger partial charge in [0.05, 0.1) is 14.2 Å². The lowest BCUT2D eigenvalue weighted by Gasteiger charge is -2.17. The highest BCUT2D eigenvalue weighted by atomic mass is 16.5. The van der Waals surface area contributed by atoms with E-state index in [9.17, 15) is 19.5 Å². The normalized spacial score (nSPS) is 11.5. The van der Waals surface area contributed by atoms with E-state index in [1.165, 1.54) is 14.2 Å². The second-order valence-electron chi connectivity index (χ2n) is 7.55. The molecule has 0 aliphatic rings. The van der Waals surface area contributed by atoms with Gasteiger partial charge in [0.15, 0.2) is 11.5 Å². The molecule has 0 saturated carbocycles. The molecule has 0 heterocycles. The quantitative estimate of drug-likeness (QED) is 0.563. The van der Waals surface area contributed by atoms with Crippen LogP contribution in [-0.4, -0.2) is 43.2 Å². The second-order valence-corrected chi connectivity index (χ2v) is 7.55. The third-order valence-corrected chi connectivity index (χ3v) is 4.69. The molecule has 2 amide bonds. The van der Waals surface area contributed by atoms with E-state index >= 15 is 0 Å². The van der Waals surface area contributed by atoms with Gasteiger partial charge in [-0.15, -0.1) is 0 Å². The molecule has 0 aliphatic carbocycles. The van der Waals surface area contributed by atoms with E-state index in [1.54, 1.807) is 43.3 Å². The Hall–Kier alpha value is -3.55. The molecule has 1 atom stereocenters. The number of carboxylic acids is 1. The number of aryl methyl sites for hydroxylation is 1. The van der Waals surface area contributed by atoms with Gasteiger partial charge in [-0.2, -0.15) is 0 Å². The van der Waals surface area contributed by atoms with Gasteiger partial charge >= 0.3 is 5.97 Å². The molecule has 1 unspecified atom stereocenters. The molecule has 166 valence electrons. The minimum atomic E-state index is -1.07. The molecule has 2 aromatic rings. The standard InChI is InChI=1S/C23H28N2O6/c1-13(2)10-18(23(28)29)25-21(26)15-6-8-17(14(3)11-15)24-22(27)16-7-9-19(30-4)20(12-16)31-5/h6-9,11-13,18H,10H2,1-5H3,(H,24,27)(H,25,26)(H,28,29). The van der Waals surface area contributed by atoms with Gasteiger partial charge in [0.2, 0.25) is 0 Å². The predicted molar refractivity (Wildman–Crippen MR) is 117 cm³/mol. The molecule has 0 spiro atoms. The molecule has 0 fully saturated rings. The summed E-state index contributed by atoms with van der Waals surface area (Å²) < 4.78 is 10.4. The number of aliphatic carboxylic acids is 1. The average Bonchev–Trinajstić information content (AvgIpc) is 2.73. The topological polar surface area (TPSA) is 114 Å². The number of carbonyl (C=O) groups is 3. The number of benzene rings is 2. The van der Waals surface area contributed by atoms with Crippen molar-refractivity contribution in [1.82, 2.24) is 5.32 Å². The van der Waals surface area contributed by atoms with Gasteiger partial charge in [0, 0.05) is 16.8 Å². The van der Waals surface area contributed by atoms with Gasteiger partial charge in [-0.25, -0.2) is 4.79 Å². The van der Waals surface area contributed by atoms with Crippen molar-refractivity contribution in [2.24, 2.45) is 5.92 Å². The van der Waals surface area contributed by atoms with Crippen LogP contribution in [0.15, 0.2) is 36.4 Å². The molecular formula is C23H28N2O6. The number of ether oxygens (including phenoxy) is 2. The maximum atomic E-state index is 12.6. The van der Waals surface area contributed by atoms with Crippen molar-refractivity contribution in [2.45, 2.75) is 33.2 Å². The Morgan fingerprint density at radius 2 is 1.55 bits per heavy atom. The molecule has 2 rings (SSSR count). The van der Waals surface area contributed by atoms with E-state index in [2.05, 4.69) is 10.6 Å². The summed E-state index contributed by atoms with van der Waals surface area (Å²) in [5.41, 5.74) is 1.90. The van der Waals surface area contributed by atoms with Crippen LogP contribution in [-0.2, 0) is 4.79 Å². The Balaban J connectivity index is 2.14. The van der Waals surface area contributed by atoms with Crippen LogP contribution in [0.4, 0.5) is 5.69 Å². The molecule has 3 N–H and O–H groups in total. The summed E-state index contributed by atoms with van der Waals surface area (Å²) in [5.74, 6) is -0.816. The van der Waals surface area contributed by atoms with E-state index in [-0.39, 0.29) is 11.8 Å². The lowest BCUT2D eigenvalue weighted by Crippen LogP contribution is -2.41. The Morgan fingerprint density at radius 3 is 2.10 bits per heavy atom. The lowest BCUT2D eigenvalue weighted by atomic mass is 10.0. The SMILES string of the molecule is COc1ccc(C(=O)Nc2ccc(C(=O)NC(CC(C)C)C(=O)O)cc2C)cc1OC. The zero-order chi connectivity index (χ0) is 23.1. The van der Waals surface area contributed by atoms with E-state index < -0.39 is 17.9 Å². The summed E-state index contributed by atoms with van der Waals surface area (Å²) in [4.78, 5) is 36.5. The van der Waals surface area contributed by atoms with Crippen molar-refractivity contribution in [2.75, 3.05) is 19.5 Å². The number of carboxylic acid groups (broad SMARTS) is 1. The average molecular weight is 428 g/mol. The fraction of sp³-hybridized carbons (Fsp3) is 0.348. The number of hydrogen-bond donors (Lipinski definition) is 3. The summed E-state index contributed by atoms with van der Waals surface area (Å²) in [5, 5.41) is 14.7. The van der Waals surface area contributed by atoms with Crippen LogP contribution < -0.4 is 20.1 Å². The van der Waals surface area contributed by atoms with Gasteiger partial charge in [0.25, 0.3) is 11.8 Å². The fourth-order valence-electron chi connectivity index (χ4n) is 3.05. The fourth-order valence-corrected chi connectivity index (χ4v) is 3.05. The van der Waals surface area contributed by atoms with Crippen LogP contribution in [0.25, 0.3) is 0 Å². The molecular weight excluding hydrogens is 400 g/mol. The van der Waals surface area contributed by atoms with Crippen LogP contribution >= 0.6 is 0 Å². The number of rotatable bonds is 9. The van der Waals surface area contributed by atoms with Crippen molar-refractivity contribution in [3.05, 3.63) is 53.1 Å². The monoisotopic (exact) mass is 428 g/mol. The highest BCUT2D eigenvalue weighted by Crippen LogP contribution is 2.28. The molecule has 31 heavy (non-hydrogen) atoms. The Morgan fingerprint density at radius 1 is 0.935 bits per heavy atom. The van der Waals surface area contributed by atoms with E-state index in [1.807, 2.05) is 13.8 Å². The number of methoxy groups -OCH3 is 2. The summed E-state index contributed by atoms with van der Waals surface area (Å²) in [6.07, 6.45) is 0.333. The Kier molecular flexibility index (Phi) is 8.01. The zero-order valence-corrected chi connectivity index (χ0v) is 18.3. The smallest absolute Gasteiger partial charge is 0.326 e.